The standard InChI is InChI=1S/C17H19NO2/c1-19-10-11-20-18-17-15-8-4-2-6-13(15)12-14-7-3-5-9-16(14)17/h2-9,17-18H,10-12H2,1H3. The largest absolute Gasteiger partial charge is 0.382 e. The van der Waals surface area contributed by atoms with Crippen LogP contribution in [0.1, 0.15) is 28.3 Å². The lowest BCUT2D eigenvalue weighted by molar-refractivity contribution is -0.00623. The van der Waals surface area contributed by atoms with Gasteiger partial charge in [0.05, 0.1) is 19.3 Å². The fraction of sp³-hybridized carbons (Fsp3) is 0.294. The van der Waals surface area contributed by atoms with Crippen LogP contribution in [0.25, 0.3) is 0 Å². The van der Waals surface area contributed by atoms with Gasteiger partial charge in [0.15, 0.2) is 0 Å². The van der Waals surface area contributed by atoms with Gasteiger partial charge in [-0.3, -0.25) is 4.84 Å². The lowest BCUT2D eigenvalue weighted by Crippen LogP contribution is -2.28. The predicted octanol–water partition coefficient (Wildman–Crippen LogP) is 2.85. The molecule has 2 aromatic rings. The third kappa shape index (κ3) is 2.61. The summed E-state index contributed by atoms with van der Waals surface area (Å²) in [6, 6.07) is 17.2. The Labute approximate surface area is 119 Å². The molecule has 0 unspecified atom stereocenters. The highest BCUT2D eigenvalue weighted by Gasteiger charge is 2.24. The van der Waals surface area contributed by atoms with Crippen molar-refractivity contribution < 1.29 is 9.57 Å². The summed E-state index contributed by atoms with van der Waals surface area (Å²) in [6.45, 7) is 1.13. The van der Waals surface area contributed by atoms with Crippen LogP contribution in [0.15, 0.2) is 48.5 Å². The van der Waals surface area contributed by atoms with Crippen molar-refractivity contribution in [2.75, 3.05) is 20.3 Å². The maximum absolute atomic E-state index is 5.55. The Morgan fingerprint density at radius 3 is 2.15 bits per heavy atom. The zero-order valence-electron chi connectivity index (χ0n) is 11.6. The quantitative estimate of drug-likeness (QED) is 0.669. The minimum atomic E-state index is 0.0907. The number of ether oxygens (including phenoxy) is 1. The second kappa shape index (κ2) is 6.18. The van der Waals surface area contributed by atoms with Crippen LogP contribution in [0.2, 0.25) is 0 Å². The van der Waals surface area contributed by atoms with Crippen molar-refractivity contribution in [3.8, 4) is 0 Å². The summed E-state index contributed by atoms with van der Waals surface area (Å²) in [5, 5.41) is 0. The lowest BCUT2D eigenvalue weighted by Gasteiger charge is -2.28. The first-order chi connectivity index (χ1) is 9.90. The normalized spacial score (nSPS) is 13.8. The zero-order chi connectivity index (χ0) is 13.8. The second-order valence-electron chi connectivity index (χ2n) is 4.97. The summed E-state index contributed by atoms with van der Waals surface area (Å²) in [5.41, 5.74) is 8.50. The number of rotatable bonds is 5. The highest BCUT2D eigenvalue weighted by atomic mass is 16.7. The first kappa shape index (κ1) is 13.3. The molecular formula is C17H19NO2. The molecule has 1 N–H and O–H groups in total. The highest BCUT2D eigenvalue weighted by molar-refractivity contribution is 5.48. The van der Waals surface area contributed by atoms with Gasteiger partial charge in [0, 0.05) is 7.11 Å². The molecule has 1 aliphatic rings. The van der Waals surface area contributed by atoms with Crippen LogP contribution in [0.3, 0.4) is 0 Å². The van der Waals surface area contributed by atoms with Gasteiger partial charge in [0.2, 0.25) is 0 Å². The molecule has 0 spiro atoms. The molecular weight excluding hydrogens is 250 g/mol. The molecule has 0 heterocycles. The molecule has 3 heteroatoms. The van der Waals surface area contributed by atoms with Crippen molar-refractivity contribution in [1.82, 2.24) is 5.48 Å². The van der Waals surface area contributed by atoms with E-state index < -0.39 is 0 Å². The number of benzene rings is 2. The molecule has 0 radical (unpaired) electrons. The molecule has 2 aromatic carbocycles. The van der Waals surface area contributed by atoms with Crippen LogP contribution >= 0.6 is 0 Å². The average molecular weight is 269 g/mol. The van der Waals surface area contributed by atoms with Gasteiger partial charge in [-0.05, 0) is 28.7 Å². The van der Waals surface area contributed by atoms with E-state index in [1.165, 1.54) is 22.3 Å². The Morgan fingerprint density at radius 2 is 1.55 bits per heavy atom. The zero-order valence-corrected chi connectivity index (χ0v) is 11.6. The third-order valence-corrected chi connectivity index (χ3v) is 3.70. The van der Waals surface area contributed by atoms with E-state index in [1.54, 1.807) is 7.11 Å². The van der Waals surface area contributed by atoms with Crippen LogP contribution in [-0.4, -0.2) is 20.3 Å². The summed E-state index contributed by atoms with van der Waals surface area (Å²) >= 11 is 0. The maximum Gasteiger partial charge on any atom is 0.0916 e. The third-order valence-electron chi connectivity index (χ3n) is 3.70. The van der Waals surface area contributed by atoms with Crippen molar-refractivity contribution in [3.63, 3.8) is 0 Å². The Morgan fingerprint density at radius 1 is 0.950 bits per heavy atom. The summed E-state index contributed by atoms with van der Waals surface area (Å²) in [6.07, 6.45) is 0.989. The first-order valence-corrected chi connectivity index (χ1v) is 6.92. The number of hydroxylamine groups is 1. The van der Waals surface area contributed by atoms with E-state index in [2.05, 4.69) is 54.0 Å². The molecule has 3 rings (SSSR count). The molecule has 0 saturated heterocycles. The van der Waals surface area contributed by atoms with Gasteiger partial charge in [0.1, 0.15) is 0 Å². The number of fused-ring (bicyclic) bond motifs is 2. The molecule has 0 bridgehead atoms. The molecule has 0 atom stereocenters. The van der Waals surface area contributed by atoms with Crippen molar-refractivity contribution in [3.05, 3.63) is 70.8 Å². The van der Waals surface area contributed by atoms with E-state index in [-0.39, 0.29) is 6.04 Å². The topological polar surface area (TPSA) is 30.5 Å². The monoisotopic (exact) mass is 269 g/mol. The van der Waals surface area contributed by atoms with Crippen molar-refractivity contribution >= 4 is 0 Å². The van der Waals surface area contributed by atoms with Gasteiger partial charge in [-0.2, -0.15) is 5.48 Å². The first-order valence-electron chi connectivity index (χ1n) is 6.92. The number of nitrogens with one attached hydrogen (secondary N) is 1. The lowest BCUT2D eigenvalue weighted by atomic mass is 9.83. The van der Waals surface area contributed by atoms with Crippen LogP contribution in [0.4, 0.5) is 0 Å². The van der Waals surface area contributed by atoms with Crippen LogP contribution in [-0.2, 0) is 16.0 Å². The summed E-state index contributed by atoms with van der Waals surface area (Å²) < 4.78 is 5.01. The Hall–Kier alpha value is -1.68. The van der Waals surface area contributed by atoms with E-state index in [1.807, 2.05) is 0 Å². The SMILES string of the molecule is COCCONC1c2ccccc2Cc2ccccc21. The van der Waals surface area contributed by atoms with Gasteiger partial charge < -0.3 is 4.74 Å². The van der Waals surface area contributed by atoms with Crippen LogP contribution in [0.5, 0.6) is 0 Å². The molecule has 0 fully saturated rings. The minimum absolute atomic E-state index is 0.0907. The fourth-order valence-electron chi connectivity index (χ4n) is 2.72. The smallest absolute Gasteiger partial charge is 0.0916 e. The molecule has 104 valence electrons. The molecule has 1 aliphatic carbocycles. The van der Waals surface area contributed by atoms with E-state index >= 15 is 0 Å². The van der Waals surface area contributed by atoms with Gasteiger partial charge in [0.25, 0.3) is 0 Å². The Balaban J connectivity index is 1.87. The molecule has 0 aliphatic heterocycles. The number of hydrogen-bond donors (Lipinski definition) is 1. The highest BCUT2D eigenvalue weighted by Crippen LogP contribution is 2.34. The van der Waals surface area contributed by atoms with Crippen LogP contribution < -0.4 is 5.48 Å². The van der Waals surface area contributed by atoms with E-state index in [4.69, 9.17) is 9.57 Å². The molecule has 0 amide bonds. The molecule has 3 nitrogen and oxygen atoms in total. The predicted molar refractivity (Wildman–Crippen MR) is 78.5 cm³/mol. The summed E-state index contributed by atoms with van der Waals surface area (Å²) in [5.74, 6) is 0. The van der Waals surface area contributed by atoms with Crippen LogP contribution in [0, 0.1) is 0 Å². The second-order valence-corrected chi connectivity index (χ2v) is 4.97. The Bertz CT molecular complexity index is 537. The Kier molecular flexibility index (Phi) is 4.11. The van der Waals surface area contributed by atoms with Crippen molar-refractivity contribution in [1.29, 1.82) is 0 Å². The summed E-state index contributed by atoms with van der Waals surface area (Å²) in [7, 11) is 1.68. The van der Waals surface area contributed by atoms with Crippen molar-refractivity contribution in [2.45, 2.75) is 12.5 Å². The average Bonchev–Trinajstić information content (AvgIpc) is 2.50. The van der Waals surface area contributed by atoms with E-state index in [0.717, 1.165) is 6.42 Å². The van der Waals surface area contributed by atoms with Gasteiger partial charge >= 0.3 is 0 Å². The molecule has 20 heavy (non-hydrogen) atoms. The molecule has 0 aromatic heterocycles. The van der Waals surface area contributed by atoms with E-state index in [0.29, 0.717) is 13.2 Å². The minimum Gasteiger partial charge on any atom is -0.382 e. The number of hydrogen-bond acceptors (Lipinski definition) is 3. The summed E-state index contributed by atoms with van der Waals surface area (Å²) in [4.78, 5) is 5.55. The van der Waals surface area contributed by atoms with Gasteiger partial charge in [-0.15, -0.1) is 0 Å². The van der Waals surface area contributed by atoms with Gasteiger partial charge in [-0.1, -0.05) is 48.5 Å². The maximum atomic E-state index is 5.55. The van der Waals surface area contributed by atoms with E-state index in [9.17, 15) is 0 Å². The fourth-order valence-corrected chi connectivity index (χ4v) is 2.72. The van der Waals surface area contributed by atoms with Gasteiger partial charge in [-0.25, -0.2) is 0 Å². The molecule has 0 saturated carbocycles. The van der Waals surface area contributed by atoms with Crippen molar-refractivity contribution in [2.24, 2.45) is 0 Å². The number of methoxy groups -OCH3 is 1.